The van der Waals surface area contributed by atoms with Gasteiger partial charge in [-0.3, -0.25) is 14.7 Å². The molecular weight excluding hydrogens is 427 g/mol. The van der Waals surface area contributed by atoms with Crippen LogP contribution in [0.2, 0.25) is 0 Å². The van der Waals surface area contributed by atoms with Crippen LogP contribution >= 0.6 is 0 Å². The molecule has 32 heavy (non-hydrogen) atoms. The van der Waals surface area contributed by atoms with Crippen molar-refractivity contribution < 1.29 is 22.7 Å². The van der Waals surface area contributed by atoms with Gasteiger partial charge in [0.1, 0.15) is 11.7 Å². The van der Waals surface area contributed by atoms with Crippen LogP contribution in [0.3, 0.4) is 0 Å². The molecule has 0 bridgehead atoms. The molecule has 3 aliphatic heterocycles. The van der Waals surface area contributed by atoms with E-state index in [-0.39, 0.29) is 17.4 Å². The summed E-state index contributed by atoms with van der Waals surface area (Å²) >= 11 is 0. The zero-order chi connectivity index (χ0) is 22.1. The van der Waals surface area contributed by atoms with Gasteiger partial charge in [-0.2, -0.15) is 23.3 Å². The number of fused-ring (bicyclic) bond motifs is 1. The minimum atomic E-state index is -4.49. The summed E-state index contributed by atoms with van der Waals surface area (Å²) in [6.07, 6.45) is 0.319. The number of anilines is 2. The van der Waals surface area contributed by atoms with E-state index in [0.717, 1.165) is 17.6 Å². The highest BCUT2D eigenvalue weighted by atomic mass is 19.4. The Labute approximate surface area is 179 Å². The summed E-state index contributed by atoms with van der Waals surface area (Å²) in [5, 5.41) is 5.15. The fourth-order valence-corrected chi connectivity index (χ4v) is 4.60. The van der Waals surface area contributed by atoms with Gasteiger partial charge in [-0.1, -0.05) is 0 Å². The molecule has 1 spiro atoms. The van der Waals surface area contributed by atoms with Crippen LogP contribution in [0.15, 0.2) is 30.7 Å². The number of pyridine rings is 1. The zero-order valence-corrected chi connectivity index (χ0v) is 16.8. The van der Waals surface area contributed by atoms with Gasteiger partial charge in [0.2, 0.25) is 11.9 Å². The summed E-state index contributed by atoms with van der Waals surface area (Å²) in [6, 6.07) is 2.72. The maximum absolute atomic E-state index is 13.0. The number of ether oxygens (including phenoxy) is 1. The lowest BCUT2D eigenvalue weighted by Crippen LogP contribution is -2.57. The second-order valence-electron chi connectivity index (χ2n) is 8.64. The second kappa shape index (κ2) is 6.61. The van der Waals surface area contributed by atoms with Crippen molar-refractivity contribution >= 4 is 28.6 Å². The van der Waals surface area contributed by atoms with Crippen LogP contribution in [0, 0.1) is 5.41 Å². The minimum absolute atomic E-state index is 0.0900. The van der Waals surface area contributed by atoms with Gasteiger partial charge in [0.15, 0.2) is 5.65 Å². The topological polar surface area (TPSA) is 89.3 Å². The third-order valence-electron chi connectivity index (χ3n) is 6.30. The van der Waals surface area contributed by atoms with E-state index in [4.69, 9.17) is 4.74 Å². The minimum Gasteiger partial charge on any atom is -0.377 e. The van der Waals surface area contributed by atoms with Crippen LogP contribution in [0.1, 0.15) is 18.2 Å². The molecule has 0 aliphatic carbocycles. The van der Waals surface area contributed by atoms with E-state index in [2.05, 4.69) is 20.1 Å². The number of carbonyl (C=O) groups is 1. The monoisotopic (exact) mass is 445 g/mol. The summed E-state index contributed by atoms with van der Waals surface area (Å²) in [7, 11) is 0. The molecule has 0 saturated carbocycles. The van der Waals surface area contributed by atoms with E-state index in [1.807, 2.05) is 4.90 Å². The molecule has 12 heteroatoms. The molecule has 3 aromatic heterocycles. The number of nitrogens with zero attached hydrogens (tertiary/aromatic N) is 7. The number of alkyl halides is 3. The maximum Gasteiger partial charge on any atom is 0.433 e. The standard InChI is InChI=1S/C20H18F3N7O2/c21-20(22,23)15-3-13(1-2-24-15)28-9-19(10-28)4-16(31)29(11-19)18-25-5-12-6-26-30(17(12)27-18)14-7-32-8-14/h1-3,5-6,14H,4,7-11H2. The van der Waals surface area contributed by atoms with Gasteiger partial charge < -0.3 is 9.64 Å². The first-order chi connectivity index (χ1) is 15.3. The van der Waals surface area contributed by atoms with Gasteiger partial charge in [0, 0.05) is 49.6 Å². The molecule has 166 valence electrons. The van der Waals surface area contributed by atoms with Gasteiger partial charge in [-0.15, -0.1) is 0 Å². The van der Waals surface area contributed by atoms with Crippen LogP contribution in [-0.2, 0) is 15.7 Å². The molecule has 3 fully saturated rings. The van der Waals surface area contributed by atoms with Gasteiger partial charge in [0.25, 0.3) is 0 Å². The zero-order valence-electron chi connectivity index (χ0n) is 16.8. The summed E-state index contributed by atoms with van der Waals surface area (Å²) in [4.78, 5) is 28.6. The smallest absolute Gasteiger partial charge is 0.377 e. The molecule has 3 saturated heterocycles. The van der Waals surface area contributed by atoms with E-state index < -0.39 is 11.9 Å². The van der Waals surface area contributed by atoms with Gasteiger partial charge in [-0.25, -0.2) is 9.67 Å². The number of hydrogen-bond acceptors (Lipinski definition) is 7. The lowest BCUT2D eigenvalue weighted by atomic mass is 9.78. The number of carbonyl (C=O) groups excluding carboxylic acids is 1. The van der Waals surface area contributed by atoms with Gasteiger partial charge in [-0.05, 0) is 12.1 Å². The molecule has 0 aromatic carbocycles. The lowest BCUT2D eigenvalue weighted by Gasteiger charge is -2.48. The van der Waals surface area contributed by atoms with Crippen LogP contribution in [0.25, 0.3) is 11.0 Å². The number of rotatable bonds is 3. The Bertz CT molecular complexity index is 1220. The molecule has 0 N–H and O–H groups in total. The van der Waals surface area contributed by atoms with Crippen molar-refractivity contribution in [3.63, 3.8) is 0 Å². The molecule has 3 aromatic rings. The van der Waals surface area contributed by atoms with Crippen LogP contribution in [-0.4, -0.2) is 63.5 Å². The Balaban J connectivity index is 1.21. The van der Waals surface area contributed by atoms with Crippen molar-refractivity contribution in [3.05, 3.63) is 36.4 Å². The molecule has 0 atom stereocenters. The van der Waals surface area contributed by atoms with Crippen molar-refractivity contribution in [1.82, 2.24) is 24.7 Å². The fourth-order valence-electron chi connectivity index (χ4n) is 4.60. The largest absolute Gasteiger partial charge is 0.433 e. The Morgan fingerprint density at radius 1 is 1.12 bits per heavy atom. The van der Waals surface area contributed by atoms with Crippen LogP contribution in [0.5, 0.6) is 0 Å². The van der Waals surface area contributed by atoms with E-state index in [9.17, 15) is 18.0 Å². The SMILES string of the molecule is O=C1CC2(CN(c3ccnc(C(F)(F)F)c3)C2)CN1c1ncc2cnn(C3COC3)c2n1. The number of aromatic nitrogens is 5. The highest BCUT2D eigenvalue weighted by Crippen LogP contribution is 2.44. The Hall–Kier alpha value is -3.28. The van der Waals surface area contributed by atoms with E-state index in [0.29, 0.717) is 56.6 Å². The van der Waals surface area contributed by atoms with Crippen molar-refractivity contribution in [1.29, 1.82) is 0 Å². The fraction of sp³-hybridized carbons (Fsp3) is 0.450. The molecule has 6 heterocycles. The first-order valence-corrected chi connectivity index (χ1v) is 10.2. The first kappa shape index (κ1) is 19.4. The Kier molecular flexibility index (Phi) is 4.01. The average molecular weight is 445 g/mol. The quantitative estimate of drug-likeness (QED) is 0.610. The summed E-state index contributed by atoms with van der Waals surface area (Å²) < 4.78 is 45.9. The molecule has 0 radical (unpaired) electrons. The third-order valence-corrected chi connectivity index (χ3v) is 6.30. The molecule has 0 unspecified atom stereocenters. The number of hydrogen-bond donors (Lipinski definition) is 0. The second-order valence-corrected chi connectivity index (χ2v) is 8.64. The van der Waals surface area contributed by atoms with Gasteiger partial charge >= 0.3 is 6.18 Å². The van der Waals surface area contributed by atoms with E-state index >= 15 is 0 Å². The van der Waals surface area contributed by atoms with E-state index in [1.165, 1.54) is 0 Å². The molecule has 3 aliphatic rings. The first-order valence-electron chi connectivity index (χ1n) is 10.2. The predicted molar refractivity (Wildman–Crippen MR) is 106 cm³/mol. The van der Waals surface area contributed by atoms with Crippen molar-refractivity contribution in [3.8, 4) is 0 Å². The summed E-state index contributed by atoms with van der Waals surface area (Å²) in [5.41, 5.74) is -0.147. The maximum atomic E-state index is 13.0. The highest BCUT2D eigenvalue weighted by Gasteiger charge is 2.52. The van der Waals surface area contributed by atoms with Gasteiger partial charge in [0.05, 0.1) is 24.8 Å². The lowest BCUT2D eigenvalue weighted by molar-refractivity contribution is -0.141. The molecule has 9 nitrogen and oxygen atoms in total. The molecular formula is C20H18F3N7O2. The number of amides is 1. The summed E-state index contributed by atoms with van der Waals surface area (Å²) in [5.74, 6) is 0.232. The molecule has 6 rings (SSSR count). The van der Waals surface area contributed by atoms with Crippen molar-refractivity contribution in [2.75, 3.05) is 42.6 Å². The summed E-state index contributed by atoms with van der Waals surface area (Å²) in [6.45, 7) is 2.53. The van der Waals surface area contributed by atoms with Crippen LogP contribution < -0.4 is 9.80 Å². The van der Waals surface area contributed by atoms with Crippen molar-refractivity contribution in [2.45, 2.75) is 18.6 Å². The molecule has 1 amide bonds. The third kappa shape index (κ3) is 3.00. The predicted octanol–water partition coefficient (Wildman–Crippen LogP) is 2.05. The normalized spacial score (nSPS) is 20.8. The van der Waals surface area contributed by atoms with Crippen molar-refractivity contribution in [2.24, 2.45) is 5.41 Å². The highest BCUT2D eigenvalue weighted by molar-refractivity contribution is 5.96. The van der Waals surface area contributed by atoms with Crippen LogP contribution in [0.4, 0.5) is 24.8 Å². The Morgan fingerprint density at radius 3 is 2.66 bits per heavy atom. The van der Waals surface area contributed by atoms with E-state index in [1.54, 1.807) is 28.0 Å². The Morgan fingerprint density at radius 2 is 1.94 bits per heavy atom. The average Bonchev–Trinajstić information content (AvgIpc) is 3.26. The number of halogens is 3.